The van der Waals surface area contributed by atoms with Gasteiger partial charge in [0.15, 0.2) is 5.82 Å². The summed E-state index contributed by atoms with van der Waals surface area (Å²) in [7, 11) is 0. The second-order valence-electron chi connectivity index (χ2n) is 5.93. The lowest BCUT2D eigenvalue weighted by Gasteiger charge is -2.29. The molecule has 0 radical (unpaired) electrons. The number of ether oxygens (including phenoxy) is 1. The molecule has 5 nitrogen and oxygen atoms in total. The van der Waals surface area contributed by atoms with Crippen LogP contribution >= 0.6 is 0 Å². The van der Waals surface area contributed by atoms with Gasteiger partial charge in [0.05, 0.1) is 11.6 Å². The molecule has 1 aromatic heterocycles. The Kier molecular flexibility index (Phi) is 3.84. The van der Waals surface area contributed by atoms with E-state index in [1.165, 1.54) is 19.3 Å². The van der Waals surface area contributed by atoms with Crippen LogP contribution in [0.15, 0.2) is 4.52 Å². The molecular weight excluding hydrogens is 242 g/mol. The molecule has 2 fully saturated rings. The fourth-order valence-electron chi connectivity index (χ4n) is 3.11. The number of nitrogens with two attached hydrogens (primary N) is 1. The zero-order chi connectivity index (χ0) is 13.1. The third kappa shape index (κ3) is 2.98. The average Bonchev–Trinajstić information content (AvgIpc) is 2.90. The van der Waals surface area contributed by atoms with Gasteiger partial charge in [-0.3, -0.25) is 0 Å². The van der Waals surface area contributed by atoms with Crippen LogP contribution in [0.25, 0.3) is 0 Å². The van der Waals surface area contributed by atoms with E-state index in [0.717, 1.165) is 51.0 Å². The highest BCUT2D eigenvalue weighted by Gasteiger charge is 2.35. The van der Waals surface area contributed by atoms with Gasteiger partial charge in [-0.2, -0.15) is 4.98 Å². The maximum Gasteiger partial charge on any atom is 0.246 e. The number of aromatic nitrogens is 2. The van der Waals surface area contributed by atoms with Crippen molar-refractivity contribution in [1.82, 2.24) is 10.1 Å². The van der Waals surface area contributed by atoms with E-state index in [-0.39, 0.29) is 6.10 Å². The van der Waals surface area contributed by atoms with Crippen LogP contribution in [0.4, 0.5) is 0 Å². The average molecular weight is 265 g/mol. The van der Waals surface area contributed by atoms with Crippen molar-refractivity contribution in [2.75, 3.05) is 6.61 Å². The maximum atomic E-state index is 6.40. The van der Waals surface area contributed by atoms with Crippen molar-refractivity contribution in [2.45, 2.75) is 69.4 Å². The van der Waals surface area contributed by atoms with E-state index in [2.05, 4.69) is 10.1 Å². The highest BCUT2D eigenvalue weighted by atomic mass is 16.5. The number of nitrogens with zero attached hydrogens (tertiary/aromatic N) is 2. The zero-order valence-corrected chi connectivity index (χ0v) is 11.4. The normalized spacial score (nSPS) is 27.3. The predicted octanol–water partition coefficient (Wildman–Crippen LogP) is 2.30. The highest BCUT2D eigenvalue weighted by molar-refractivity contribution is 5.04. The molecule has 1 unspecified atom stereocenters. The van der Waals surface area contributed by atoms with Crippen molar-refractivity contribution in [1.29, 1.82) is 0 Å². The summed E-state index contributed by atoms with van der Waals surface area (Å²) in [5.74, 6) is 1.37. The van der Waals surface area contributed by atoms with Gasteiger partial charge < -0.3 is 15.0 Å². The van der Waals surface area contributed by atoms with Gasteiger partial charge in [0.2, 0.25) is 5.89 Å². The summed E-state index contributed by atoms with van der Waals surface area (Å²) in [5.41, 5.74) is 6.01. The van der Waals surface area contributed by atoms with Gasteiger partial charge in [0.25, 0.3) is 0 Å². The summed E-state index contributed by atoms with van der Waals surface area (Å²) in [6.07, 6.45) is 9.96. The lowest BCUT2D eigenvalue weighted by molar-refractivity contribution is 0.0153. The Morgan fingerprint density at radius 2 is 2.00 bits per heavy atom. The monoisotopic (exact) mass is 265 g/mol. The lowest BCUT2D eigenvalue weighted by atomic mass is 9.82. The van der Waals surface area contributed by atoms with Crippen LogP contribution in [0.5, 0.6) is 0 Å². The van der Waals surface area contributed by atoms with Crippen molar-refractivity contribution in [3.8, 4) is 0 Å². The van der Waals surface area contributed by atoms with Gasteiger partial charge in [-0.1, -0.05) is 24.4 Å². The van der Waals surface area contributed by atoms with Gasteiger partial charge >= 0.3 is 0 Å². The largest absolute Gasteiger partial charge is 0.378 e. The number of hydrogen-bond donors (Lipinski definition) is 1. The summed E-state index contributed by atoms with van der Waals surface area (Å²) in [6.45, 7) is 0.857. The quantitative estimate of drug-likeness (QED) is 0.907. The van der Waals surface area contributed by atoms with Crippen LogP contribution in [-0.4, -0.2) is 22.9 Å². The molecular formula is C14H23N3O2. The van der Waals surface area contributed by atoms with Crippen molar-refractivity contribution in [3.05, 3.63) is 11.7 Å². The Balaban J connectivity index is 1.65. The van der Waals surface area contributed by atoms with Gasteiger partial charge in [-0.05, 0) is 32.1 Å². The molecule has 1 aliphatic carbocycles. The fourth-order valence-corrected chi connectivity index (χ4v) is 3.11. The van der Waals surface area contributed by atoms with Gasteiger partial charge in [0.1, 0.15) is 0 Å². The third-order valence-electron chi connectivity index (χ3n) is 4.32. The number of hydrogen-bond acceptors (Lipinski definition) is 5. The SMILES string of the molecule is NC1(c2nc(CC3CCCCO3)no2)CCCCC1. The van der Waals surface area contributed by atoms with E-state index in [9.17, 15) is 0 Å². The van der Waals surface area contributed by atoms with Crippen molar-refractivity contribution in [3.63, 3.8) is 0 Å². The Bertz CT molecular complexity index is 407. The molecule has 106 valence electrons. The highest BCUT2D eigenvalue weighted by Crippen LogP contribution is 2.33. The Morgan fingerprint density at radius 3 is 2.74 bits per heavy atom. The smallest absolute Gasteiger partial charge is 0.246 e. The van der Waals surface area contributed by atoms with Crippen LogP contribution in [0.1, 0.15) is 63.1 Å². The minimum Gasteiger partial charge on any atom is -0.378 e. The third-order valence-corrected chi connectivity index (χ3v) is 4.32. The molecule has 0 amide bonds. The first kappa shape index (κ1) is 13.1. The lowest BCUT2D eigenvalue weighted by Crippen LogP contribution is -2.39. The van der Waals surface area contributed by atoms with Gasteiger partial charge in [-0.15, -0.1) is 0 Å². The molecule has 1 saturated carbocycles. The molecule has 3 rings (SSSR count). The molecule has 2 heterocycles. The van der Waals surface area contributed by atoms with Crippen molar-refractivity contribution >= 4 is 0 Å². The van der Waals surface area contributed by atoms with Crippen LogP contribution in [0.2, 0.25) is 0 Å². The minimum atomic E-state index is -0.392. The summed E-state index contributed by atoms with van der Waals surface area (Å²) in [4.78, 5) is 4.52. The molecule has 1 aliphatic heterocycles. The topological polar surface area (TPSA) is 74.2 Å². The maximum absolute atomic E-state index is 6.40. The Labute approximate surface area is 113 Å². The molecule has 2 aliphatic rings. The van der Waals surface area contributed by atoms with E-state index in [1.807, 2.05) is 0 Å². The molecule has 19 heavy (non-hydrogen) atoms. The second-order valence-corrected chi connectivity index (χ2v) is 5.93. The summed E-state index contributed by atoms with van der Waals surface area (Å²) in [6, 6.07) is 0. The summed E-state index contributed by atoms with van der Waals surface area (Å²) in [5, 5.41) is 4.08. The first-order chi connectivity index (χ1) is 9.26. The standard InChI is InChI=1S/C14H23N3O2/c15-14(7-3-1-4-8-14)13-16-12(17-19-13)10-11-6-2-5-9-18-11/h11H,1-10,15H2. The minimum absolute atomic E-state index is 0.249. The molecule has 0 aromatic carbocycles. The molecule has 1 atom stereocenters. The van der Waals surface area contributed by atoms with E-state index < -0.39 is 5.54 Å². The number of rotatable bonds is 3. The van der Waals surface area contributed by atoms with Crippen LogP contribution in [0.3, 0.4) is 0 Å². The van der Waals surface area contributed by atoms with E-state index in [0.29, 0.717) is 5.89 Å². The zero-order valence-electron chi connectivity index (χ0n) is 11.4. The predicted molar refractivity (Wildman–Crippen MR) is 70.5 cm³/mol. The summed E-state index contributed by atoms with van der Waals surface area (Å²) < 4.78 is 11.1. The van der Waals surface area contributed by atoms with Crippen molar-refractivity contribution < 1.29 is 9.26 Å². The Morgan fingerprint density at radius 1 is 1.16 bits per heavy atom. The van der Waals surface area contributed by atoms with Crippen LogP contribution in [-0.2, 0) is 16.7 Å². The van der Waals surface area contributed by atoms with Crippen molar-refractivity contribution in [2.24, 2.45) is 5.73 Å². The van der Waals surface area contributed by atoms with E-state index in [1.54, 1.807) is 0 Å². The fraction of sp³-hybridized carbons (Fsp3) is 0.857. The molecule has 0 bridgehead atoms. The Hall–Kier alpha value is -0.940. The van der Waals surface area contributed by atoms with E-state index in [4.69, 9.17) is 15.0 Å². The van der Waals surface area contributed by atoms with Gasteiger partial charge in [-0.25, -0.2) is 0 Å². The van der Waals surface area contributed by atoms with Crippen LogP contribution < -0.4 is 5.73 Å². The molecule has 1 aromatic rings. The second kappa shape index (κ2) is 5.59. The first-order valence-electron chi connectivity index (χ1n) is 7.50. The molecule has 1 saturated heterocycles. The molecule has 5 heteroatoms. The van der Waals surface area contributed by atoms with E-state index >= 15 is 0 Å². The molecule has 2 N–H and O–H groups in total. The molecule has 0 spiro atoms. The summed E-state index contributed by atoms with van der Waals surface area (Å²) >= 11 is 0. The first-order valence-corrected chi connectivity index (χ1v) is 7.50. The van der Waals surface area contributed by atoms with Crippen LogP contribution in [0, 0.1) is 0 Å². The van der Waals surface area contributed by atoms with Gasteiger partial charge in [0, 0.05) is 13.0 Å².